The summed E-state index contributed by atoms with van der Waals surface area (Å²) in [5, 5.41) is 4.75. The van der Waals surface area contributed by atoms with Crippen LogP contribution in [0, 0.1) is 5.92 Å². The highest BCUT2D eigenvalue weighted by atomic mass is 19.4. The predicted molar refractivity (Wildman–Crippen MR) is 113 cm³/mol. The maximum absolute atomic E-state index is 13.3. The summed E-state index contributed by atoms with van der Waals surface area (Å²) in [7, 11) is 0. The Kier molecular flexibility index (Phi) is 5.66. The summed E-state index contributed by atoms with van der Waals surface area (Å²) < 4.78 is 39.9. The number of hydrogen-bond acceptors (Lipinski definition) is 5. The summed E-state index contributed by atoms with van der Waals surface area (Å²) in [4.78, 5) is 37.6. The molecule has 0 saturated carbocycles. The van der Waals surface area contributed by atoms with Gasteiger partial charge >= 0.3 is 12.2 Å². The Labute approximate surface area is 182 Å². The second kappa shape index (κ2) is 8.29. The standard InChI is InChI=1S/C21H23F3N6O2/c1-12(2)17(21(22,23)24)28-19(31)14-6-7-15-18(26-14)30(13-8-10-29(15)11-13)20(32)27-16-5-3-4-9-25-16/h3-7,9,12-13,17H,8,10-11H2,1-2H3,(H,28,31)(H,25,27,32). The molecule has 0 spiro atoms. The highest BCUT2D eigenvalue weighted by Gasteiger charge is 2.44. The third kappa shape index (κ3) is 4.19. The molecule has 2 N–H and O–H groups in total. The van der Waals surface area contributed by atoms with Crippen molar-refractivity contribution in [3.05, 3.63) is 42.2 Å². The van der Waals surface area contributed by atoms with Crippen molar-refractivity contribution in [2.75, 3.05) is 28.2 Å². The summed E-state index contributed by atoms with van der Waals surface area (Å²) in [5.41, 5.74) is 0.472. The topological polar surface area (TPSA) is 90.5 Å². The van der Waals surface area contributed by atoms with Gasteiger partial charge in [-0.25, -0.2) is 14.8 Å². The monoisotopic (exact) mass is 448 g/mol. The summed E-state index contributed by atoms with van der Waals surface area (Å²) in [6, 6.07) is 5.47. The second-order valence-corrected chi connectivity index (χ2v) is 8.18. The van der Waals surface area contributed by atoms with Gasteiger partial charge in [0.1, 0.15) is 17.6 Å². The van der Waals surface area contributed by atoms with E-state index in [4.69, 9.17) is 0 Å². The molecule has 8 nitrogen and oxygen atoms in total. The zero-order valence-corrected chi connectivity index (χ0v) is 17.6. The average molecular weight is 448 g/mol. The molecule has 4 rings (SSSR count). The molecule has 1 fully saturated rings. The van der Waals surface area contributed by atoms with Gasteiger partial charge in [-0.3, -0.25) is 15.0 Å². The molecule has 2 atom stereocenters. The number of nitrogens with one attached hydrogen (secondary N) is 2. The quantitative estimate of drug-likeness (QED) is 0.748. The lowest BCUT2D eigenvalue weighted by Crippen LogP contribution is -2.50. The van der Waals surface area contributed by atoms with Gasteiger partial charge in [-0.2, -0.15) is 13.2 Å². The first-order valence-corrected chi connectivity index (χ1v) is 10.3. The summed E-state index contributed by atoms with van der Waals surface area (Å²) in [6.07, 6.45) is -2.34. The molecular weight excluding hydrogens is 425 g/mol. The molecule has 2 aromatic rings. The molecule has 170 valence electrons. The van der Waals surface area contributed by atoms with Crippen molar-refractivity contribution in [2.45, 2.75) is 38.5 Å². The van der Waals surface area contributed by atoms with E-state index in [0.29, 0.717) is 31.0 Å². The van der Waals surface area contributed by atoms with E-state index in [1.54, 1.807) is 30.5 Å². The Bertz CT molecular complexity index is 1010. The Balaban J connectivity index is 1.63. The van der Waals surface area contributed by atoms with E-state index in [1.165, 1.54) is 24.8 Å². The minimum absolute atomic E-state index is 0.171. The van der Waals surface area contributed by atoms with Crippen LogP contribution in [0.15, 0.2) is 36.5 Å². The molecule has 2 unspecified atom stereocenters. The first-order chi connectivity index (χ1) is 15.1. The minimum Gasteiger partial charge on any atom is -0.366 e. The fourth-order valence-electron chi connectivity index (χ4n) is 4.05. The van der Waals surface area contributed by atoms with Gasteiger partial charge in [-0.1, -0.05) is 19.9 Å². The second-order valence-electron chi connectivity index (χ2n) is 8.18. The number of nitrogens with zero attached hydrogens (tertiary/aromatic N) is 4. The van der Waals surface area contributed by atoms with Crippen LogP contribution in [-0.2, 0) is 0 Å². The van der Waals surface area contributed by atoms with E-state index >= 15 is 0 Å². The predicted octanol–water partition coefficient (Wildman–Crippen LogP) is 3.42. The number of carbonyl (C=O) groups is 2. The van der Waals surface area contributed by atoms with Crippen molar-refractivity contribution >= 4 is 29.3 Å². The van der Waals surface area contributed by atoms with Gasteiger partial charge in [0.25, 0.3) is 5.91 Å². The van der Waals surface area contributed by atoms with E-state index in [2.05, 4.69) is 15.3 Å². The number of carbonyl (C=O) groups excluding carboxylic acids is 2. The van der Waals surface area contributed by atoms with Crippen LogP contribution in [0.3, 0.4) is 0 Å². The fraction of sp³-hybridized carbons (Fsp3) is 0.429. The van der Waals surface area contributed by atoms with Crippen molar-refractivity contribution in [1.29, 1.82) is 0 Å². The third-order valence-electron chi connectivity index (χ3n) is 5.61. The van der Waals surface area contributed by atoms with E-state index < -0.39 is 30.1 Å². The van der Waals surface area contributed by atoms with Crippen LogP contribution in [-0.4, -0.2) is 53.3 Å². The lowest BCUT2D eigenvalue weighted by molar-refractivity contribution is -0.162. The van der Waals surface area contributed by atoms with E-state index in [-0.39, 0.29) is 17.6 Å². The highest BCUT2D eigenvalue weighted by Crippen LogP contribution is 2.39. The molecule has 2 aliphatic heterocycles. The number of pyridine rings is 2. The first kappa shape index (κ1) is 21.8. The Morgan fingerprint density at radius 3 is 2.62 bits per heavy atom. The van der Waals surface area contributed by atoms with Gasteiger partial charge in [0.2, 0.25) is 0 Å². The van der Waals surface area contributed by atoms with Crippen molar-refractivity contribution in [3.63, 3.8) is 0 Å². The molecule has 3 amide bonds. The number of urea groups is 1. The van der Waals surface area contributed by atoms with Gasteiger partial charge in [-0.15, -0.1) is 0 Å². The SMILES string of the molecule is CC(C)C(NC(=O)c1ccc2c(n1)N(C(=O)Nc1ccccn1)C1CCN2C1)C(F)(F)F. The van der Waals surface area contributed by atoms with Gasteiger partial charge in [0, 0.05) is 19.3 Å². The Morgan fingerprint density at radius 1 is 1.19 bits per heavy atom. The molecule has 2 aromatic heterocycles. The number of halogens is 3. The molecule has 2 aliphatic rings. The maximum atomic E-state index is 13.3. The summed E-state index contributed by atoms with van der Waals surface area (Å²) in [6.45, 7) is 4.09. The van der Waals surface area contributed by atoms with E-state index in [0.717, 1.165) is 0 Å². The van der Waals surface area contributed by atoms with Gasteiger partial charge < -0.3 is 10.2 Å². The maximum Gasteiger partial charge on any atom is 0.408 e. The summed E-state index contributed by atoms with van der Waals surface area (Å²) in [5.74, 6) is -1.19. The third-order valence-corrected chi connectivity index (χ3v) is 5.61. The molecular formula is C21H23F3N6O2. The average Bonchev–Trinajstić information content (AvgIpc) is 3.15. The van der Waals surface area contributed by atoms with Crippen LogP contribution in [0.4, 0.5) is 35.3 Å². The Hall–Kier alpha value is -3.37. The molecule has 0 aliphatic carbocycles. The minimum atomic E-state index is -4.59. The summed E-state index contributed by atoms with van der Waals surface area (Å²) >= 11 is 0. The number of amides is 3. The zero-order chi connectivity index (χ0) is 23.0. The normalized spacial score (nSPS) is 18.4. The number of aromatic nitrogens is 2. The molecule has 0 aromatic carbocycles. The Morgan fingerprint density at radius 2 is 1.97 bits per heavy atom. The molecule has 4 heterocycles. The zero-order valence-electron chi connectivity index (χ0n) is 17.6. The largest absolute Gasteiger partial charge is 0.408 e. The van der Waals surface area contributed by atoms with Gasteiger partial charge in [0.15, 0.2) is 5.82 Å². The molecule has 2 bridgehead atoms. The van der Waals surface area contributed by atoms with Crippen LogP contribution in [0.25, 0.3) is 0 Å². The van der Waals surface area contributed by atoms with Crippen molar-refractivity contribution in [3.8, 4) is 0 Å². The molecule has 0 radical (unpaired) electrons. The number of hydrogen-bond donors (Lipinski definition) is 2. The van der Waals surface area contributed by atoms with E-state index in [1.807, 2.05) is 10.2 Å². The van der Waals surface area contributed by atoms with Gasteiger partial charge in [-0.05, 0) is 36.6 Å². The van der Waals surface area contributed by atoms with Crippen molar-refractivity contribution in [2.24, 2.45) is 5.92 Å². The van der Waals surface area contributed by atoms with Crippen LogP contribution in [0.2, 0.25) is 0 Å². The highest BCUT2D eigenvalue weighted by molar-refractivity contribution is 6.05. The van der Waals surface area contributed by atoms with Crippen molar-refractivity contribution in [1.82, 2.24) is 15.3 Å². The molecule has 32 heavy (non-hydrogen) atoms. The molecule has 11 heteroatoms. The van der Waals surface area contributed by atoms with Crippen LogP contribution in [0.5, 0.6) is 0 Å². The van der Waals surface area contributed by atoms with Gasteiger partial charge in [0.05, 0.1) is 11.7 Å². The lowest BCUT2D eigenvalue weighted by Gasteiger charge is -2.35. The number of rotatable bonds is 4. The van der Waals surface area contributed by atoms with Crippen LogP contribution < -0.4 is 20.4 Å². The fourth-order valence-corrected chi connectivity index (χ4v) is 4.05. The number of fused-ring (bicyclic) bond motifs is 4. The number of alkyl halides is 3. The van der Waals surface area contributed by atoms with Crippen LogP contribution >= 0.6 is 0 Å². The lowest BCUT2D eigenvalue weighted by atomic mass is 10.0. The van der Waals surface area contributed by atoms with Crippen LogP contribution in [0.1, 0.15) is 30.8 Å². The van der Waals surface area contributed by atoms with Crippen molar-refractivity contribution < 1.29 is 22.8 Å². The first-order valence-electron chi connectivity index (χ1n) is 10.3. The molecule has 1 saturated heterocycles. The number of anilines is 3. The smallest absolute Gasteiger partial charge is 0.366 e. The van der Waals surface area contributed by atoms with E-state index in [9.17, 15) is 22.8 Å².